The number of imidazole rings is 2. The van der Waals surface area contributed by atoms with Crippen LogP contribution in [0.1, 0.15) is 25.8 Å². The molecule has 6 heterocycles. The summed E-state index contributed by atoms with van der Waals surface area (Å²) in [6.45, 7) is 4.60. The fourth-order valence-electron chi connectivity index (χ4n) is 13.9. The number of hydrogen-bond acceptors (Lipinski definition) is 2. The van der Waals surface area contributed by atoms with Crippen molar-refractivity contribution in [3.05, 3.63) is 303 Å². The molecule has 0 amide bonds. The molecule has 18 aromatic rings. The van der Waals surface area contributed by atoms with Crippen LogP contribution < -0.4 is 0 Å². The van der Waals surface area contributed by atoms with Crippen molar-refractivity contribution < 1.29 is 20.1 Å². The summed E-state index contributed by atoms with van der Waals surface area (Å²) >= 11 is 0. The van der Waals surface area contributed by atoms with Gasteiger partial charge in [-0.25, -0.2) is 0 Å². The third kappa shape index (κ3) is 9.19. The van der Waals surface area contributed by atoms with E-state index in [0.717, 1.165) is 39.5 Å². The van der Waals surface area contributed by atoms with Crippen LogP contribution in [0.15, 0.2) is 286 Å². The van der Waals surface area contributed by atoms with Crippen LogP contribution in [0.4, 0.5) is 0 Å². The second-order valence-corrected chi connectivity index (χ2v) is 23.7. The Bertz CT molecular complexity index is 5790. The summed E-state index contributed by atoms with van der Waals surface area (Å²) in [4.78, 5) is 9.24. The zero-order valence-electron chi connectivity index (χ0n) is 49.6. The predicted molar refractivity (Wildman–Crippen MR) is 372 cm³/mol. The first kappa shape index (κ1) is 54.7. The average Bonchev–Trinajstić information content (AvgIpc) is 1.53. The fourth-order valence-corrected chi connectivity index (χ4v) is 13.9. The monoisotopic (exact) mass is 1330 g/mol. The molecule has 0 bridgehead atoms. The van der Waals surface area contributed by atoms with Crippen molar-refractivity contribution in [1.29, 1.82) is 0 Å². The summed E-state index contributed by atoms with van der Waals surface area (Å²) in [5, 5.41) is 11.9. The van der Waals surface area contributed by atoms with Gasteiger partial charge in [-0.2, -0.15) is 0 Å². The Morgan fingerprint density at radius 3 is 1.18 bits per heavy atom. The van der Waals surface area contributed by atoms with Gasteiger partial charge in [0.1, 0.15) is 0 Å². The smallest absolute Gasteiger partial charge is 0.0608 e. The number of fused-ring (bicyclic) bond motifs is 18. The van der Waals surface area contributed by atoms with E-state index < -0.39 is 0 Å². The number of pyridine rings is 2. The maximum atomic E-state index is 4.63. The summed E-state index contributed by atoms with van der Waals surface area (Å²) in [6.07, 6.45) is 10.1. The van der Waals surface area contributed by atoms with Gasteiger partial charge in [0.05, 0.1) is 33.4 Å². The molecule has 1 unspecified atom stereocenters. The van der Waals surface area contributed by atoms with Crippen LogP contribution >= 0.6 is 0 Å². The molecule has 18 rings (SSSR count). The Kier molecular flexibility index (Phi) is 13.7. The van der Waals surface area contributed by atoms with Crippen LogP contribution in [-0.4, -0.2) is 27.9 Å². The van der Waals surface area contributed by atoms with E-state index in [1.165, 1.54) is 133 Å². The second kappa shape index (κ2) is 22.5. The van der Waals surface area contributed by atoms with Crippen LogP contribution in [0.2, 0.25) is 0 Å². The molecular formula is C83H58IrN6-2. The minimum atomic E-state index is 0. The van der Waals surface area contributed by atoms with Gasteiger partial charge in [-0.1, -0.05) is 171 Å². The first-order chi connectivity index (χ1) is 44.0. The van der Waals surface area contributed by atoms with Gasteiger partial charge in [-0.05, 0) is 158 Å². The summed E-state index contributed by atoms with van der Waals surface area (Å²) in [6, 6.07) is 102. The van der Waals surface area contributed by atoms with Crippen molar-refractivity contribution in [2.24, 2.45) is 5.92 Å². The van der Waals surface area contributed by atoms with Crippen molar-refractivity contribution >= 4 is 98.3 Å². The van der Waals surface area contributed by atoms with Gasteiger partial charge in [0.25, 0.3) is 0 Å². The summed E-state index contributed by atoms with van der Waals surface area (Å²) in [7, 11) is 0. The topological polar surface area (TPSA) is 44.5 Å². The van der Waals surface area contributed by atoms with E-state index in [4.69, 9.17) is 0 Å². The minimum Gasteiger partial charge on any atom is -0.340 e. The Balaban J connectivity index is 0.000000143. The third-order valence-corrected chi connectivity index (χ3v) is 18.4. The van der Waals surface area contributed by atoms with Crippen LogP contribution in [0, 0.1) is 18.1 Å². The Morgan fingerprint density at radius 2 is 0.722 bits per heavy atom. The van der Waals surface area contributed by atoms with Crippen LogP contribution in [0.25, 0.3) is 154 Å². The summed E-state index contributed by atoms with van der Waals surface area (Å²) in [5.41, 5.74) is 22.5. The molecule has 90 heavy (non-hydrogen) atoms. The average molecular weight is 1330 g/mol. The van der Waals surface area contributed by atoms with Gasteiger partial charge in [-0.15, -0.1) is 59.3 Å². The molecule has 1 atom stereocenters. The number of nitrogens with zero attached hydrogens (tertiary/aromatic N) is 6. The quantitative estimate of drug-likeness (QED) is 0.107. The standard InChI is InChI=1S/C44H34N3.C39H24N3.Ir/c1-3-29(2)25-30-15-19-35(20-16-30)47-42-14-7-6-12-37(42)40-28-34(18-22-43(40)47)32-10-8-9-31(26-32)33-17-21-41-39(27-33)36-11-4-5-13-38(36)44-45-23-24-46(41)44;1-2-11-30(12-3-1)42-37-16-7-6-14-32(37)35-25-29(18-20-38(35)42)27-10-8-9-26(23-27)28-17-19-36-34(24-28)31-13-4-5-15-33(31)39-40-21-22-41(36)39;/h4-12,14-24,26-29H,3,25H2,1-2H3;1-14,16-25H;/q2*-1;. The van der Waals surface area contributed by atoms with Crippen molar-refractivity contribution in [2.45, 2.75) is 26.7 Å². The van der Waals surface area contributed by atoms with E-state index in [1.807, 2.05) is 36.9 Å². The molecule has 1 radical (unpaired) electrons. The van der Waals surface area contributed by atoms with E-state index in [2.05, 4.69) is 303 Å². The molecule has 6 aromatic heterocycles. The molecule has 0 aliphatic rings. The van der Waals surface area contributed by atoms with Gasteiger partial charge in [-0.3, -0.25) is 9.97 Å². The van der Waals surface area contributed by atoms with Crippen LogP contribution in [0.5, 0.6) is 0 Å². The van der Waals surface area contributed by atoms with E-state index in [1.54, 1.807) is 0 Å². The molecule has 0 aliphatic heterocycles. The number of aromatic nitrogens is 6. The van der Waals surface area contributed by atoms with Gasteiger partial charge in [0.15, 0.2) is 0 Å². The maximum absolute atomic E-state index is 4.63. The molecule has 12 aromatic carbocycles. The van der Waals surface area contributed by atoms with Gasteiger partial charge < -0.3 is 17.9 Å². The zero-order chi connectivity index (χ0) is 59.1. The molecule has 431 valence electrons. The zero-order valence-corrected chi connectivity index (χ0v) is 52.0. The Morgan fingerprint density at radius 1 is 0.344 bits per heavy atom. The predicted octanol–water partition coefficient (Wildman–Crippen LogP) is 21.3. The van der Waals surface area contributed by atoms with Crippen molar-refractivity contribution in [3.8, 4) is 55.9 Å². The van der Waals surface area contributed by atoms with E-state index in [-0.39, 0.29) is 20.1 Å². The molecule has 0 saturated heterocycles. The van der Waals surface area contributed by atoms with E-state index >= 15 is 0 Å². The van der Waals surface area contributed by atoms with Crippen molar-refractivity contribution in [3.63, 3.8) is 0 Å². The molecular weight excluding hydrogens is 1270 g/mol. The van der Waals surface area contributed by atoms with Crippen molar-refractivity contribution in [1.82, 2.24) is 27.9 Å². The molecule has 0 saturated carbocycles. The Hall–Kier alpha value is -10.7. The Labute approximate surface area is 534 Å². The normalized spacial score (nSPS) is 12.1. The molecule has 0 spiro atoms. The number of rotatable bonds is 9. The molecule has 0 aliphatic carbocycles. The van der Waals surface area contributed by atoms with E-state index in [9.17, 15) is 0 Å². The first-order valence-corrected chi connectivity index (χ1v) is 30.8. The minimum absolute atomic E-state index is 0. The van der Waals surface area contributed by atoms with Crippen molar-refractivity contribution in [2.75, 3.05) is 0 Å². The fraction of sp³-hybridized carbons (Fsp3) is 0.0602. The molecule has 6 nitrogen and oxygen atoms in total. The SMILES string of the molecule is CCC(C)Cc1ccc(-n2c3ccccc3c3cc(-c4cccc(-c5ccc6c(c5)c5ccc[c-]c5c5nccn65)c4)ccc32)cc1.[Ir].[c-]1cccc2c1c1nccn1c1ccc(-c3cccc(-c4ccc5c(c4)c4ccccc4n5-c4ccccc4)c3)cc21. The van der Waals surface area contributed by atoms with Gasteiger partial charge >= 0.3 is 0 Å². The van der Waals surface area contributed by atoms with Crippen LogP contribution in [-0.2, 0) is 26.5 Å². The second-order valence-electron chi connectivity index (χ2n) is 23.7. The third-order valence-electron chi connectivity index (χ3n) is 18.4. The number of hydrogen-bond donors (Lipinski definition) is 0. The van der Waals surface area contributed by atoms with E-state index in [0.29, 0.717) is 5.92 Å². The molecule has 0 N–H and O–H groups in total. The van der Waals surface area contributed by atoms with Gasteiger partial charge in [0.2, 0.25) is 0 Å². The number of benzene rings is 12. The summed E-state index contributed by atoms with van der Waals surface area (Å²) in [5.74, 6) is 0.694. The number of para-hydroxylation sites is 3. The van der Waals surface area contributed by atoms with Crippen LogP contribution in [0.3, 0.4) is 0 Å². The molecule has 0 fully saturated rings. The summed E-state index contributed by atoms with van der Waals surface area (Å²) < 4.78 is 9.10. The maximum Gasteiger partial charge on any atom is 0.0608 e. The largest absolute Gasteiger partial charge is 0.340 e. The molecule has 7 heteroatoms. The van der Waals surface area contributed by atoms with Gasteiger partial charge in [0, 0.05) is 88.8 Å². The first-order valence-electron chi connectivity index (χ1n) is 30.8.